The molecule has 2 aromatic rings. The lowest BCUT2D eigenvalue weighted by Crippen LogP contribution is -2.28. The largest absolute Gasteiger partial charge is 0.339 e. The Bertz CT molecular complexity index is 599. The lowest BCUT2D eigenvalue weighted by atomic mass is 9.87. The third-order valence-corrected chi connectivity index (χ3v) is 2.90. The molecular formula is C15H19F2N3O. The van der Waals surface area contributed by atoms with Crippen molar-refractivity contribution in [1.82, 2.24) is 10.1 Å². The minimum atomic E-state index is -0.680. The summed E-state index contributed by atoms with van der Waals surface area (Å²) in [6, 6.07) is 3.01. The van der Waals surface area contributed by atoms with Gasteiger partial charge in [-0.25, -0.2) is 8.78 Å². The molecule has 0 aliphatic heterocycles. The fraction of sp³-hybridized carbons (Fsp3) is 0.467. The van der Waals surface area contributed by atoms with Crippen molar-refractivity contribution in [3.8, 4) is 11.4 Å². The van der Waals surface area contributed by atoms with Crippen LogP contribution in [0.3, 0.4) is 0 Å². The minimum absolute atomic E-state index is 0.105. The summed E-state index contributed by atoms with van der Waals surface area (Å²) >= 11 is 0. The van der Waals surface area contributed by atoms with Crippen LogP contribution in [0.2, 0.25) is 0 Å². The fourth-order valence-corrected chi connectivity index (χ4v) is 2.22. The minimum Gasteiger partial charge on any atom is -0.339 e. The Morgan fingerprint density at radius 1 is 1.19 bits per heavy atom. The van der Waals surface area contributed by atoms with E-state index in [0.29, 0.717) is 12.3 Å². The van der Waals surface area contributed by atoms with E-state index >= 15 is 0 Å². The van der Waals surface area contributed by atoms with Crippen LogP contribution in [0.5, 0.6) is 0 Å². The van der Waals surface area contributed by atoms with Crippen LogP contribution < -0.4 is 5.73 Å². The fourth-order valence-electron chi connectivity index (χ4n) is 2.22. The highest BCUT2D eigenvalue weighted by atomic mass is 19.1. The predicted octanol–water partition coefficient (Wildman–Crippen LogP) is 3.32. The first-order chi connectivity index (χ1) is 9.73. The van der Waals surface area contributed by atoms with Gasteiger partial charge in [0.05, 0.1) is 0 Å². The highest BCUT2D eigenvalue weighted by Crippen LogP contribution is 2.22. The molecule has 1 unspecified atom stereocenters. The van der Waals surface area contributed by atoms with Crippen LogP contribution in [0.15, 0.2) is 22.7 Å². The van der Waals surface area contributed by atoms with E-state index in [0.717, 1.165) is 24.6 Å². The first-order valence-corrected chi connectivity index (χ1v) is 6.77. The van der Waals surface area contributed by atoms with Crippen LogP contribution in [-0.2, 0) is 6.42 Å². The van der Waals surface area contributed by atoms with Crippen LogP contribution >= 0.6 is 0 Å². The van der Waals surface area contributed by atoms with Gasteiger partial charge in [-0.1, -0.05) is 25.9 Å². The van der Waals surface area contributed by atoms with Crippen molar-refractivity contribution in [3.63, 3.8) is 0 Å². The van der Waals surface area contributed by atoms with Crippen molar-refractivity contribution in [2.75, 3.05) is 0 Å². The van der Waals surface area contributed by atoms with E-state index in [1.165, 1.54) is 0 Å². The average Bonchev–Trinajstić information content (AvgIpc) is 2.73. The zero-order valence-electron chi connectivity index (χ0n) is 12.4. The van der Waals surface area contributed by atoms with Gasteiger partial charge in [0, 0.05) is 24.1 Å². The normalized spacial score (nSPS) is 13.4. The molecule has 1 aromatic heterocycles. The summed E-state index contributed by atoms with van der Waals surface area (Å²) in [6.07, 6.45) is 1.24. The Labute approximate surface area is 122 Å². The van der Waals surface area contributed by atoms with E-state index in [-0.39, 0.29) is 22.8 Å². The van der Waals surface area contributed by atoms with Gasteiger partial charge in [0.15, 0.2) is 0 Å². The summed E-state index contributed by atoms with van der Waals surface area (Å²) in [6.45, 7) is 6.30. The second-order valence-electron chi connectivity index (χ2n) is 6.40. The first kappa shape index (κ1) is 15.6. The molecule has 114 valence electrons. The smallest absolute Gasteiger partial charge is 0.228 e. The Balaban J connectivity index is 2.11. The number of halogens is 2. The Hall–Kier alpha value is -1.82. The van der Waals surface area contributed by atoms with E-state index in [4.69, 9.17) is 10.3 Å². The standard InChI is InChI=1S/C15H19F2N3O/c1-15(2,3)8-12(18)7-13-19-14(20-21-13)9-4-10(16)6-11(17)5-9/h4-6,12H,7-8,18H2,1-3H3. The quantitative estimate of drug-likeness (QED) is 0.939. The highest BCUT2D eigenvalue weighted by molar-refractivity contribution is 5.54. The molecular weight excluding hydrogens is 276 g/mol. The zero-order chi connectivity index (χ0) is 15.6. The molecule has 0 spiro atoms. The summed E-state index contributed by atoms with van der Waals surface area (Å²) in [5.41, 5.74) is 6.39. The number of rotatable bonds is 4. The molecule has 2 rings (SSSR count). The second-order valence-corrected chi connectivity index (χ2v) is 6.40. The molecule has 21 heavy (non-hydrogen) atoms. The van der Waals surface area contributed by atoms with E-state index in [9.17, 15) is 8.78 Å². The van der Waals surface area contributed by atoms with Gasteiger partial charge in [-0.2, -0.15) is 4.98 Å². The third-order valence-electron chi connectivity index (χ3n) is 2.90. The van der Waals surface area contributed by atoms with E-state index in [1.807, 2.05) is 0 Å². The lowest BCUT2D eigenvalue weighted by molar-refractivity contribution is 0.313. The molecule has 0 fully saturated rings. The highest BCUT2D eigenvalue weighted by Gasteiger charge is 2.19. The van der Waals surface area contributed by atoms with E-state index in [2.05, 4.69) is 30.9 Å². The average molecular weight is 295 g/mol. The lowest BCUT2D eigenvalue weighted by Gasteiger charge is -2.21. The van der Waals surface area contributed by atoms with Gasteiger partial charge in [-0.3, -0.25) is 0 Å². The van der Waals surface area contributed by atoms with Gasteiger partial charge in [0.1, 0.15) is 11.6 Å². The van der Waals surface area contributed by atoms with Gasteiger partial charge < -0.3 is 10.3 Å². The topological polar surface area (TPSA) is 64.9 Å². The summed E-state index contributed by atoms with van der Waals surface area (Å²) in [5.74, 6) is -0.834. The summed E-state index contributed by atoms with van der Waals surface area (Å²) in [5, 5.41) is 3.74. The molecule has 0 radical (unpaired) electrons. The van der Waals surface area contributed by atoms with Crippen LogP contribution in [0.1, 0.15) is 33.1 Å². The summed E-state index contributed by atoms with van der Waals surface area (Å²) in [4.78, 5) is 4.14. The number of nitrogens with zero attached hydrogens (tertiary/aromatic N) is 2. The maximum Gasteiger partial charge on any atom is 0.228 e. The van der Waals surface area contributed by atoms with Crippen molar-refractivity contribution < 1.29 is 13.3 Å². The maximum atomic E-state index is 13.2. The van der Waals surface area contributed by atoms with Gasteiger partial charge in [-0.15, -0.1) is 0 Å². The van der Waals surface area contributed by atoms with Crippen molar-refractivity contribution >= 4 is 0 Å². The van der Waals surface area contributed by atoms with Gasteiger partial charge in [0.25, 0.3) is 0 Å². The molecule has 1 atom stereocenters. The number of nitrogens with two attached hydrogens (primary N) is 1. The molecule has 0 saturated heterocycles. The van der Waals surface area contributed by atoms with Crippen LogP contribution in [0.25, 0.3) is 11.4 Å². The summed E-state index contributed by atoms with van der Waals surface area (Å²) < 4.78 is 31.4. The zero-order valence-corrected chi connectivity index (χ0v) is 12.4. The molecule has 0 saturated carbocycles. The number of benzene rings is 1. The second kappa shape index (κ2) is 5.89. The molecule has 6 heteroatoms. The molecule has 4 nitrogen and oxygen atoms in total. The third kappa shape index (κ3) is 4.60. The van der Waals surface area contributed by atoms with Crippen LogP contribution in [-0.4, -0.2) is 16.2 Å². The Kier molecular flexibility index (Phi) is 4.37. The van der Waals surface area contributed by atoms with E-state index in [1.54, 1.807) is 0 Å². The Morgan fingerprint density at radius 2 is 1.81 bits per heavy atom. The molecule has 1 heterocycles. The predicted molar refractivity (Wildman–Crippen MR) is 75.4 cm³/mol. The molecule has 0 amide bonds. The number of hydrogen-bond donors (Lipinski definition) is 1. The monoisotopic (exact) mass is 295 g/mol. The molecule has 0 aliphatic carbocycles. The van der Waals surface area contributed by atoms with Gasteiger partial charge >= 0.3 is 0 Å². The van der Waals surface area contributed by atoms with Crippen molar-refractivity contribution in [3.05, 3.63) is 35.7 Å². The van der Waals surface area contributed by atoms with Crippen molar-refractivity contribution in [1.29, 1.82) is 0 Å². The molecule has 0 aliphatic rings. The Morgan fingerprint density at radius 3 is 2.38 bits per heavy atom. The maximum absolute atomic E-state index is 13.2. The summed E-state index contributed by atoms with van der Waals surface area (Å²) in [7, 11) is 0. The number of hydrogen-bond acceptors (Lipinski definition) is 4. The van der Waals surface area contributed by atoms with Crippen LogP contribution in [0.4, 0.5) is 8.78 Å². The molecule has 1 aromatic carbocycles. The van der Waals surface area contributed by atoms with Crippen molar-refractivity contribution in [2.45, 2.75) is 39.7 Å². The molecule has 0 bridgehead atoms. The van der Waals surface area contributed by atoms with Crippen molar-refractivity contribution in [2.24, 2.45) is 11.1 Å². The SMILES string of the molecule is CC(C)(C)CC(N)Cc1nc(-c2cc(F)cc(F)c2)no1. The van der Waals surface area contributed by atoms with Gasteiger partial charge in [-0.05, 0) is 24.0 Å². The first-order valence-electron chi connectivity index (χ1n) is 6.77. The van der Waals surface area contributed by atoms with Crippen LogP contribution in [0, 0.1) is 17.0 Å². The molecule has 2 N–H and O–H groups in total. The van der Waals surface area contributed by atoms with Gasteiger partial charge in [0.2, 0.25) is 11.7 Å². The number of aromatic nitrogens is 2. The van der Waals surface area contributed by atoms with E-state index < -0.39 is 11.6 Å².